The van der Waals surface area contributed by atoms with Crippen molar-refractivity contribution in [2.45, 2.75) is 26.2 Å². The highest BCUT2D eigenvalue weighted by molar-refractivity contribution is 5.96. The van der Waals surface area contributed by atoms with Gasteiger partial charge in [-0.1, -0.05) is 11.6 Å². The summed E-state index contributed by atoms with van der Waals surface area (Å²) in [5.74, 6) is -0.910. The van der Waals surface area contributed by atoms with E-state index in [9.17, 15) is 4.79 Å². The molecular formula is C20H18N2O2. The molecule has 4 nitrogen and oxygen atoms in total. The summed E-state index contributed by atoms with van der Waals surface area (Å²) in [6, 6.07) is 13.2. The number of rotatable bonds is 3. The van der Waals surface area contributed by atoms with E-state index in [1.807, 2.05) is 12.1 Å². The third-order valence-corrected chi connectivity index (χ3v) is 4.57. The zero-order chi connectivity index (χ0) is 16.7. The molecule has 0 saturated heterocycles. The van der Waals surface area contributed by atoms with Gasteiger partial charge in [0.2, 0.25) is 0 Å². The first-order valence-electron chi connectivity index (χ1n) is 8.14. The maximum absolute atomic E-state index is 11.0. The highest BCUT2D eigenvalue weighted by Crippen LogP contribution is 2.36. The number of nitrogens with one attached hydrogen (secondary N) is 1. The first-order chi connectivity index (χ1) is 11.6. The van der Waals surface area contributed by atoms with E-state index in [1.165, 1.54) is 16.8 Å². The smallest absolute Gasteiger partial charge is 0.335 e. The number of carbonyl (C=O) groups is 1. The quantitative estimate of drug-likeness (QED) is 0.748. The average molecular weight is 318 g/mol. The third-order valence-electron chi connectivity index (χ3n) is 4.57. The van der Waals surface area contributed by atoms with Crippen LogP contribution >= 0.6 is 0 Å². The van der Waals surface area contributed by atoms with Crippen LogP contribution in [0.4, 0.5) is 11.4 Å². The maximum Gasteiger partial charge on any atom is 0.335 e. The molecule has 1 aliphatic rings. The van der Waals surface area contributed by atoms with Crippen LogP contribution in [0.2, 0.25) is 0 Å². The topological polar surface area (TPSA) is 62.2 Å². The van der Waals surface area contributed by atoms with Crippen LogP contribution < -0.4 is 5.32 Å². The monoisotopic (exact) mass is 318 g/mol. The number of fused-ring (bicyclic) bond motifs is 2. The van der Waals surface area contributed by atoms with E-state index in [0.717, 1.165) is 41.5 Å². The van der Waals surface area contributed by atoms with Gasteiger partial charge in [0.1, 0.15) is 0 Å². The molecule has 3 aromatic rings. The van der Waals surface area contributed by atoms with E-state index in [1.54, 1.807) is 12.1 Å². The molecule has 1 aliphatic carbocycles. The molecule has 0 bridgehead atoms. The molecule has 24 heavy (non-hydrogen) atoms. The third kappa shape index (κ3) is 2.50. The van der Waals surface area contributed by atoms with Crippen LogP contribution in [0.1, 0.15) is 33.6 Å². The number of hydrogen-bond donors (Lipinski definition) is 2. The summed E-state index contributed by atoms with van der Waals surface area (Å²) in [6.07, 6.45) is 3.18. The highest BCUT2D eigenvalue weighted by Gasteiger charge is 2.19. The van der Waals surface area contributed by atoms with Crippen molar-refractivity contribution in [3.63, 3.8) is 0 Å². The van der Waals surface area contributed by atoms with E-state index < -0.39 is 5.97 Å². The first-order valence-corrected chi connectivity index (χ1v) is 8.14. The summed E-state index contributed by atoms with van der Waals surface area (Å²) in [6.45, 7) is 2.08. The zero-order valence-electron chi connectivity index (χ0n) is 13.5. The van der Waals surface area contributed by atoms with Crippen LogP contribution in [0.3, 0.4) is 0 Å². The van der Waals surface area contributed by atoms with Crippen molar-refractivity contribution in [2.24, 2.45) is 0 Å². The molecule has 0 saturated carbocycles. The second-order valence-electron chi connectivity index (χ2n) is 6.29. The molecule has 4 rings (SSSR count). The molecule has 0 aliphatic heterocycles. The number of hydrogen-bond acceptors (Lipinski definition) is 3. The molecule has 1 aromatic heterocycles. The van der Waals surface area contributed by atoms with Crippen LogP contribution in [0.5, 0.6) is 0 Å². The van der Waals surface area contributed by atoms with Crippen LogP contribution in [-0.2, 0) is 12.8 Å². The molecule has 1 heterocycles. The lowest BCUT2D eigenvalue weighted by atomic mass is 10.0. The number of anilines is 2. The highest BCUT2D eigenvalue weighted by atomic mass is 16.4. The fraction of sp³-hybridized carbons (Fsp3) is 0.200. The van der Waals surface area contributed by atoms with Gasteiger partial charge < -0.3 is 10.4 Å². The van der Waals surface area contributed by atoms with Crippen molar-refractivity contribution in [3.8, 4) is 0 Å². The average Bonchev–Trinajstić information content (AvgIpc) is 3.04. The molecule has 0 fully saturated rings. The second-order valence-corrected chi connectivity index (χ2v) is 6.29. The molecule has 2 N–H and O–H groups in total. The van der Waals surface area contributed by atoms with Gasteiger partial charge in [-0.2, -0.15) is 0 Å². The van der Waals surface area contributed by atoms with Gasteiger partial charge in [0, 0.05) is 16.8 Å². The molecular weight excluding hydrogens is 300 g/mol. The summed E-state index contributed by atoms with van der Waals surface area (Å²) in [7, 11) is 0. The van der Waals surface area contributed by atoms with Crippen LogP contribution in [0, 0.1) is 6.92 Å². The molecule has 0 atom stereocenters. The number of benzene rings is 2. The predicted octanol–water partition coefficient (Wildman–Crippen LogP) is 4.47. The Bertz CT molecular complexity index is 946. The fourth-order valence-corrected chi connectivity index (χ4v) is 3.36. The minimum atomic E-state index is -0.910. The van der Waals surface area contributed by atoms with E-state index >= 15 is 0 Å². The number of aromatic nitrogens is 1. The van der Waals surface area contributed by atoms with E-state index in [-0.39, 0.29) is 0 Å². The molecule has 0 spiro atoms. The van der Waals surface area contributed by atoms with E-state index in [0.29, 0.717) is 5.56 Å². The number of nitrogens with zero attached hydrogens (tertiary/aromatic N) is 1. The normalized spacial score (nSPS) is 13.0. The van der Waals surface area contributed by atoms with Gasteiger partial charge in [-0.25, -0.2) is 4.79 Å². The minimum absolute atomic E-state index is 0.293. The Balaban J connectivity index is 1.83. The number of carboxylic acids is 1. The van der Waals surface area contributed by atoms with Crippen molar-refractivity contribution in [1.82, 2.24) is 4.98 Å². The summed E-state index contributed by atoms with van der Waals surface area (Å²) in [5, 5.41) is 13.7. The van der Waals surface area contributed by atoms with Crippen molar-refractivity contribution >= 4 is 28.2 Å². The van der Waals surface area contributed by atoms with Crippen molar-refractivity contribution in [2.75, 3.05) is 5.32 Å². The predicted molar refractivity (Wildman–Crippen MR) is 95.2 cm³/mol. The second kappa shape index (κ2) is 5.64. The molecule has 0 unspecified atom stereocenters. The molecule has 2 aromatic carbocycles. The molecule has 0 radical (unpaired) electrons. The number of aromatic carboxylic acids is 1. The van der Waals surface area contributed by atoms with Gasteiger partial charge in [0.15, 0.2) is 0 Å². The zero-order valence-corrected chi connectivity index (χ0v) is 13.5. The van der Waals surface area contributed by atoms with Gasteiger partial charge in [0.25, 0.3) is 0 Å². The maximum atomic E-state index is 11.0. The Kier molecular flexibility index (Phi) is 3.45. The summed E-state index contributed by atoms with van der Waals surface area (Å²) in [5.41, 5.74) is 6.97. The van der Waals surface area contributed by atoms with Gasteiger partial charge >= 0.3 is 5.97 Å². The van der Waals surface area contributed by atoms with Crippen molar-refractivity contribution < 1.29 is 9.90 Å². The number of pyridine rings is 1. The lowest BCUT2D eigenvalue weighted by Crippen LogP contribution is -2.01. The van der Waals surface area contributed by atoms with E-state index in [4.69, 9.17) is 10.1 Å². The number of carboxylic acid groups (broad SMARTS) is 1. The number of aryl methyl sites for hydroxylation is 2. The summed E-state index contributed by atoms with van der Waals surface area (Å²) >= 11 is 0. The van der Waals surface area contributed by atoms with Crippen molar-refractivity contribution in [1.29, 1.82) is 0 Å². The van der Waals surface area contributed by atoms with Gasteiger partial charge in [-0.15, -0.1) is 0 Å². The van der Waals surface area contributed by atoms with Crippen LogP contribution in [0.15, 0.2) is 42.5 Å². The van der Waals surface area contributed by atoms with Crippen molar-refractivity contribution in [3.05, 3.63) is 64.8 Å². The Morgan fingerprint density at radius 3 is 2.67 bits per heavy atom. The Hall–Kier alpha value is -2.88. The Labute approximate surface area is 140 Å². The standard InChI is InChI=1S/C20H18N2O2/c1-12-5-10-18-16(11-12)19(15-3-2-4-17(15)22-18)21-14-8-6-13(7-9-14)20(23)24/h5-11H,2-4H2,1H3,(H,21,22)(H,23,24). The SMILES string of the molecule is Cc1ccc2nc3c(c(Nc4ccc(C(=O)O)cc4)c2c1)CCC3. The van der Waals surface area contributed by atoms with Gasteiger partial charge in [-0.3, -0.25) is 4.98 Å². The lowest BCUT2D eigenvalue weighted by molar-refractivity contribution is 0.0697. The van der Waals surface area contributed by atoms with Crippen LogP contribution in [0.25, 0.3) is 10.9 Å². The van der Waals surface area contributed by atoms with E-state index in [2.05, 4.69) is 30.4 Å². The van der Waals surface area contributed by atoms with Gasteiger partial charge in [0.05, 0.1) is 16.8 Å². The summed E-state index contributed by atoms with van der Waals surface area (Å²) in [4.78, 5) is 15.8. The first kappa shape index (κ1) is 14.7. The fourth-order valence-electron chi connectivity index (χ4n) is 3.36. The Morgan fingerprint density at radius 2 is 1.92 bits per heavy atom. The largest absolute Gasteiger partial charge is 0.478 e. The molecule has 0 amide bonds. The molecule has 4 heteroatoms. The minimum Gasteiger partial charge on any atom is -0.478 e. The molecule has 120 valence electrons. The van der Waals surface area contributed by atoms with Crippen LogP contribution in [-0.4, -0.2) is 16.1 Å². The Morgan fingerprint density at radius 1 is 1.12 bits per heavy atom. The summed E-state index contributed by atoms with van der Waals surface area (Å²) < 4.78 is 0. The van der Waals surface area contributed by atoms with Gasteiger partial charge in [-0.05, 0) is 68.1 Å². The lowest BCUT2D eigenvalue weighted by Gasteiger charge is -2.15.